The summed E-state index contributed by atoms with van der Waals surface area (Å²) >= 11 is 1.58. The predicted molar refractivity (Wildman–Crippen MR) is 106 cm³/mol. The van der Waals surface area contributed by atoms with Crippen molar-refractivity contribution in [3.05, 3.63) is 59.1 Å². The fourth-order valence-electron chi connectivity index (χ4n) is 3.47. The van der Waals surface area contributed by atoms with Gasteiger partial charge in [-0.3, -0.25) is 9.59 Å². The Balaban J connectivity index is 1.31. The molecule has 1 amide bonds. The first-order chi connectivity index (χ1) is 13.1. The topological polar surface area (TPSA) is 59.5 Å². The molecule has 5 nitrogen and oxygen atoms in total. The first-order valence-electron chi connectivity index (χ1n) is 9.02. The van der Waals surface area contributed by atoms with E-state index >= 15 is 0 Å². The number of anilines is 1. The zero-order chi connectivity index (χ0) is 18.8. The van der Waals surface area contributed by atoms with Crippen molar-refractivity contribution in [2.24, 2.45) is 0 Å². The fraction of sp³-hybridized carbons (Fsp3) is 0.286. The highest BCUT2D eigenvalue weighted by atomic mass is 32.1. The zero-order valence-electron chi connectivity index (χ0n) is 15.1. The summed E-state index contributed by atoms with van der Waals surface area (Å²) in [5.41, 5.74) is 3.02. The monoisotopic (exact) mass is 380 g/mol. The van der Waals surface area contributed by atoms with Gasteiger partial charge in [0.1, 0.15) is 0 Å². The number of carbonyl (C=O) groups excluding carboxylic acids is 2. The maximum atomic E-state index is 12.6. The van der Waals surface area contributed by atoms with E-state index in [4.69, 9.17) is 4.74 Å². The third-order valence-electron chi connectivity index (χ3n) is 4.71. The van der Waals surface area contributed by atoms with Gasteiger partial charge in [-0.05, 0) is 37.1 Å². The normalized spacial score (nSPS) is 15.7. The smallest absolute Gasteiger partial charge is 0.306 e. The minimum atomic E-state index is -0.372. The molecule has 0 radical (unpaired) electrons. The van der Waals surface area contributed by atoms with Gasteiger partial charge in [0.2, 0.25) is 0 Å². The molecule has 2 aromatic carbocycles. The Kier molecular flexibility index (Phi) is 4.90. The van der Waals surface area contributed by atoms with Crippen LogP contribution in [0.25, 0.3) is 10.2 Å². The lowest BCUT2D eigenvalue weighted by Crippen LogP contribution is -2.38. The molecule has 0 fully saturated rings. The first kappa shape index (κ1) is 17.7. The van der Waals surface area contributed by atoms with E-state index < -0.39 is 0 Å². The summed E-state index contributed by atoms with van der Waals surface area (Å²) in [4.78, 5) is 30.9. The molecule has 27 heavy (non-hydrogen) atoms. The van der Waals surface area contributed by atoms with E-state index in [1.165, 1.54) is 0 Å². The highest BCUT2D eigenvalue weighted by molar-refractivity contribution is 7.18. The largest absolute Gasteiger partial charge is 0.456 e. The van der Waals surface area contributed by atoms with Crippen LogP contribution in [0.1, 0.15) is 23.9 Å². The van der Waals surface area contributed by atoms with Gasteiger partial charge in [-0.2, -0.15) is 0 Å². The van der Waals surface area contributed by atoms with Crippen LogP contribution in [0, 0.1) is 0 Å². The van der Waals surface area contributed by atoms with Crippen LogP contribution in [0.3, 0.4) is 0 Å². The molecule has 2 heterocycles. The molecule has 1 aliphatic heterocycles. The van der Waals surface area contributed by atoms with Crippen molar-refractivity contribution < 1.29 is 14.3 Å². The van der Waals surface area contributed by atoms with Crippen LogP contribution >= 0.6 is 11.3 Å². The Morgan fingerprint density at radius 2 is 1.96 bits per heavy atom. The van der Waals surface area contributed by atoms with Gasteiger partial charge >= 0.3 is 5.97 Å². The van der Waals surface area contributed by atoms with Gasteiger partial charge in [-0.1, -0.05) is 30.3 Å². The fourth-order valence-corrected chi connectivity index (χ4v) is 4.43. The minimum Gasteiger partial charge on any atom is -0.456 e. The third-order valence-corrected chi connectivity index (χ3v) is 5.81. The number of benzene rings is 2. The van der Waals surface area contributed by atoms with Gasteiger partial charge in [0.05, 0.1) is 21.6 Å². The van der Waals surface area contributed by atoms with Crippen molar-refractivity contribution >= 4 is 39.1 Å². The van der Waals surface area contributed by atoms with Crippen LogP contribution in [0.15, 0.2) is 48.5 Å². The van der Waals surface area contributed by atoms with Crippen molar-refractivity contribution in [1.82, 2.24) is 4.98 Å². The van der Waals surface area contributed by atoms with E-state index in [1.54, 1.807) is 16.2 Å². The van der Waals surface area contributed by atoms with Crippen molar-refractivity contribution in [1.29, 1.82) is 0 Å². The number of thiazole rings is 1. The maximum absolute atomic E-state index is 12.6. The molecule has 1 aromatic heterocycles. The Bertz CT molecular complexity index is 965. The molecule has 4 rings (SSSR count). The summed E-state index contributed by atoms with van der Waals surface area (Å²) in [6.07, 6.45) is 1.57. The van der Waals surface area contributed by atoms with E-state index in [0.717, 1.165) is 32.9 Å². The molecule has 1 atom stereocenters. The number of esters is 1. The molecule has 0 saturated heterocycles. The summed E-state index contributed by atoms with van der Waals surface area (Å²) in [6.45, 7) is 1.78. The van der Waals surface area contributed by atoms with E-state index in [9.17, 15) is 9.59 Å². The minimum absolute atomic E-state index is 0.0800. The van der Waals surface area contributed by atoms with Gasteiger partial charge in [0.25, 0.3) is 5.91 Å². The first-order valence-corrected chi connectivity index (χ1v) is 9.83. The van der Waals surface area contributed by atoms with Gasteiger partial charge in [-0.15, -0.1) is 11.3 Å². The Labute approximate surface area is 161 Å². The van der Waals surface area contributed by atoms with Gasteiger partial charge < -0.3 is 9.64 Å². The molecule has 138 valence electrons. The number of ether oxygens (including phenoxy) is 1. The Morgan fingerprint density at radius 1 is 1.19 bits per heavy atom. The summed E-state index contributed by atoms with van der Waals surface area (Å²) in [7, 11) is 0. The lowest BCUT2D eigenvalue weighted by molar-refractivity contribution is -0.147. The van der Waals surface area contributed by atoms with E-state index in [1.807, 2.05) is 55.5 Å². The van der Waals surface area contributed by atoms with Crippen LogP contribution in [0.5, 0.6) is 0 Å². The predicted octanol–water partition coefficient (Wildman–Crippen LogP) is 3.75. The summed E-state index contributed by atoms with van der Waals surface area (Å²) in [5, 5.41) is 0.904. The van der Waals surface area contributed by atoms with Crippen LogP contribution in [-0.4, -0.2) is 29.5 Å². The van der Waals surface area contributed by atoms with Crippen molar-refractivity contribution in [3.63, 3.8) is 0 Å². The molecule has 3 aromatic rings. The number of nitrogens with zero attached hydrogens (tertiary/aromatic N) is 2. The van der Waals surface area contributed by atoms with Crippen molar-refractivity contribution in [3.8, 4) is 0 Å². The van der Waals surface area contributed by atoms with Gasteiger partial charge in [0, 0.05) is 18.2 Å². The number of carbonyl (C=O) groups is 2. The number of hydrogen-bond acceptors (Lipinski definition) is 5. The number of amides is 1. The molecule has 0 bridgehead atoms. The standard InChI is InChI=1S/C21H20N2O3S/c1-14-12-15-6-2-4-8-17(15)23(14)20(24)13-26-21(25)11-10-19-22-16-7-3-5-9-18(16)27-19/h2-9,14H,10-13H2,1H3. The van der Waals surface area contributed by atoms with Crippen LogP contribution in [-0.2, 0) is 27.2 Å². The molecule has 0 aliphatic carbocycles. The molecule has 0 spiro atoms. The van der Waals surface area contributed by atoms with Crippen molar-refractivity contribution in [2.75, 3.05) is 11.5 Å². The van der Waals surface area contributed by atoms with Crippen LogP contribution in [0.2, 0.25) is 0 Å². The molecule has 0 saturated carbocycles. The average molecular weight is 380 g/mol. The second-order valence-electron chi connectivity index (χ2n) is 6.68. The summed E-state index contributed by atoms with van der Waals surface area (Å²) < 4.78 is 6.33. The van der Waals surface area contributed by atoms with Gasteiger partial charge in [0.15, 0.2) is 6.61 Å². The number of para-hydroxylation sites is 2. The second-order valence-corrected chi connectivity index (χ2v) is 7.80. The molecular formula is C21H20N2O3S. The molecule has 0 N–H and O–H groups in total. The van der Waals surface area contributed by atoms with E-state index in [0.29, 0.717) is 6.42 Å². The highest BCUT2D eigenvalue weighted by Crippen LogP contribution is 2.31. The molecule has 1 aliphatic rings. The van der Waals surface area contributed by atoms with E-state index in [-0.39, 0.29) is 30.9 Å². The zero-order valence-corrected chi connectivity index (χ0v) is 15.9. The Hall–Kier alpha value is -2.73. The number of fused-ring (bicyclic) bond motifs is 2. The van der Waals surface area contributed by atoms with Gasteiger partial charge in [-0.25, -0.2) is 4.98 Å². The number of aromatic nitrogens is 1. The second kappa shape index (κ2) is 7.48. The van der Waals surface area contributed by atoms with E-state index in [2.05, 4.69) is 4.98 Å². The maximum Gasteiger partial charge on any atom is 0.306 e. The SMILES string of the molecule is CC1Cc2ccccc2N1C(=O)COC(=O)CCc1nc2ccccc2s1. The number of aryl methyl sites for hydroxylation is 1. The third kappa shape index (κ3) is 3.71. The number of hydrogen-bond donors (Lipinski definition) is 0. The number of rotatable bonds is 5. The highest BCUT2D eigenvalue weighted by Gasteiger charge is 2.30. The lowest BCUT2D eigenvalue weighted by atomic mass is 10.1. The average Bonchev–Trinajstić information content (AvgIpc) is 3.23. The summed E-state index contributed by atoms with van der Waals surface area (Å²) in [6, 6.07) is 15.8. The Morgan fingerprint density at radius 3 is 2.81 bits per heavy atom. The quantitative estimate of drug-likeness (QED) is 0.633. The molecular weight excluding hydrogens is 360 g/mol. The van der Waals surface area contributed by atoms with Crippen molar-refractivity contribution in [2.45, 2.75) is 32.2 Å². The molecule has 6 heteroatoms. The molecule has 1 unspecified atom stereocenters. The lowest BCUT2D eigenvalue weighted by Gasteiger charge is -2.22. The van der Waals surface area contributed by atoms with Crippen LogP contribution < -0.4 is 4.90 Å². The van der Waals surface area contributed by atoms with Crippen LogP contribution in [0.4, 0.5) is 5.69 Å². The summed E-state index contributed by atoms with van der Waals surface area (Å²) in [5.74, 6) is -0.552.